The Morgan fingerprint density at radius 1 is 1.19 bits per heavy atom. The minimum absolute atomic E-state index is 0.632. The smallest absolute Gasteiger partial charge is 0.123 e. The number of nitrogens with zero attached hydrogens (tertiary/aromatic N) is 1. The Balaban J connectivity index is 2.18. The Kier molecular flexibility index (Phi) is 5.48. The molecule has 2 aromatic rings. The summed E-state index contributed by atoms with van der Waals surface area (Å²) in [5.74, 6) is 0.889. The molecule has 4 heteroatoms. The van der Waals surface area contributed by atoms with E-state index in [2.05, 4.69) is 17.0 Å². The summed E-state index contributed by atoms with van der Waals surface area (Å²) in [7, 11) is 3.71. The van der Waals surface area contributed by atoms with Gasteiger partial charge >= 0.3 is 0 Å². The minimum atomic E-state index is 0.632. The molecule has 0 atom stereocenters. The van der Waals surface area contributed by atoms with Crippen LogP contribution in [0.25, 0.3) is 0 Å². The van der Waals surface area contributed by atoms with Gasteiger partial charge < -0.3 is 15.4 Å². The average molecular weight is 305 g/mol. The fourth-order valence-corrected chi connectivity index (χ4v) is 2.70. The first-order valence-electron chi connectivity index (χ1n) is 6.97. The lowest BCUT2D eigenvalue weighted by atomic mass is 10.1. The molecule has 0 amide bonds. The Morgan fingerprint density at radius 2 is 1.95 bits per heavy atom. The van der Waals surface area contributed by atoms with Gasteiger partial charge in [0.25, 0.3) is 0 Å². The summed E-state index contributed by atoms with van der Waals surface area (Å²) >= 11 is 6.39. The van der Waals surface area contributed by atoms with Crippen molar-refractivity contribution in [2.24, 2.45) is 5.73 Å². The third kappa shape index (κ3) is 3.90. The van der Waals surface area contributed by atoms with E-state index in [0.717, 1.165) is 40.6 Å². The molecule has 0 radical (unpaired) electrons. The van der Waals surface area contributed by atoms with E-state index in [4.69, 9.17) is 22.1 Å². The zero-order valence-corrected chi connectivity index (χ0v) is 13.2. The summed E-state index contributed by atoms with van der Waals surface area (Å²) < 4.78 is 5.39. The van der Waals surface area contributed by atoms with Crippen LogP contribution >= 0.6 is 11.6 Å². The van der Waals surface area contributed by atoms with Crippen molar-refractivity contribution < 1.29 is 4.74 Å². The van der Waals surface area contributed by atoms with Gasteiger partial charge in [0.05, 0.1) is 17.8 Å². The number of methoxy groups -OCH3 is 1. The van der Waals surface area contributed by atoms with Crippen molar-refractivity contribution in [1.82, 2.24) is 0 Å². The van der Waals surface area contributed by atoms with Crippen molar-refractivity contribution in [1.29, 1.82) is 0 Å². The van der Waals surface area contributed by atoms with Crippen LogP contribution in [0.1, 0.15) is 11.1 Å². The third-order valence-electron chi connectivity index (χ3n) is 3.46. The molecule has 0 bridgehead atoms. The molecular formula is C17H21ClN2O. The lowest BCUT2D eigenvalue weighted by Gasteiger charge is -2.22. The van der Waals surface area contributed by atoms with Crippen molar-refractivity contribution in [3.63, 3.8) is 0 Å². The third-order valence-corrected chi connectivity index (χ3v) is 3.76. The van der Waals surface area contributed by atoms with Crippen LogP contribution in [0.3, 0.4) is 0 Å². The molecule has 2 N–H and O–H groups in total. The fourth-order valence-electron chi connectivity index (χ4n) is 2.36. The molecule has 112 valence electrons. The Morgan fingerprint density at radius 3 is 2.62 bits per heavy atom. The van der Waals surface area contributed by atoms with Crippen molar-refractivity contribution in [3.8, 4) is 5.75 Å². The quantitative estimate of drug-likeness (QED) is 0.888. The van der Waals surface area contributed by atoms with Gasteiger partial charge in [-0.3, -0.25) is 0 Å². The summed E-state index contributed by atoms with van der Waals surface area (Å²) in [6.45, 7) is 1.37. The molecule has 0 fully saturated rings. The first-order valence-corrected chi connectivity index (χ1v) is 7.35. The van der Waals surface area contributed by atoms with Gasteiger partial charge in [0.15, 0.2) is 0 Å². The molecule has 21 heavy (non-hydrogen) atoms. The van der Waals surface area contributed by atoms with Crippen molar-refractivity contribution in [3.05, 3.63) is 58.6 Å². The fraction of sp³-hybridized carbons (Fsp3) is 0.294. The van der Waals surface area contributed by atoms with Gasteiger partial charge in [0.1, 0.15) is 5.75 Å². The molecule has 2 aromatic carbocycles. The Hall–Kier alpha value is -1.71. The zero-order chi connectivity index (χ0) is 15.2. The number of anilines is 1. The second kappa shape index (κ2) is 7.34. The van der Waals surface area contributed by atoms with Gasteiger partial charge in [0, 0.05) is 19.2 Å². The first kappa shape index (κ1) is 15.7. The van der Waals surface area contributed by atoms with Gasteiger partial charge in [-0.15, -0.1) is 0 Å². The molecule has 0 aliphatic heterocycles. The van der Waals surface area contributed by atoms with E-state index in [0.29, 0.717) is 6.54 Å². The number of benzene rings is 2. The molecule has 0 aromatic heterocycles. The van der Waals surface area contributed by atoms with Crippen molar-refractivity contribution in [2.45, 2.75) is 13.0 Å². The van der Waals surface area contributed by atoms with Crippen LogP contribution in [0.4, 0.5) is 5.69 Å². The second-order valence-corrected chi connectivity index (χ2v) is 5.40. The highest BCUT2D eigenvalue weighted by atomic mass is 35.5. The number of halogens is 1. The predicted octanol–water partition coefficient (Wildman–Crippen LogP) is 3.49. The van der Waals surface area contributed by atoms with Crippen LogP contribution in [-0.2, 0) is 13.0 Å². The molecule has 0 unspecified atom stereocenters. The Bertz CT molecular complexity index is 601. The van der Waals surface area contributed by atoms with Gasteiger partial charge in [-0.05, 0) is 36.7 Å². The van der Waals surface area contributed by atoms with Crippen LogP contribution in [0.15, 0.2) is 42.5 Å². The average Bonchev–Trinajstić information content (AvgIpc) is 2.48. The molecule has 3 nitrogen and oxygen atoms in total. The maximum atomic E-state index is 6.39. The monoisotopic (exact) mass is 304 g/mol. The van der Waals surface area contributed by atoms with Crippen LogP contribution in [0, 0.1) is 0 Å². The normalized spacial score (nSPS) is 10.5. The SMILES string of the molecule is COc1ccccc1CN(C)c1ccc(CCN)cc1Cl. The number of hydrogen-bond acceptors (Lipinski definition) is 3. The first-order chi connectivity index (χ1) is 10.2. The van der Waals surface area contributed by atoms with Gasteiger partial charge in [-0.1, -0.05) is 35.9 Å². The number of para-hydroxylation sites is 1. The van der Waals surface area contributed by atoms with E-state index in [1.807, 2.05) is 37.4 Å². The zero-order valence-electron chi connectivity index (χ0n) is 12.5. The lowest BCUT2D eigenvalue weighted by molar-refractivity contribution is 0.409. The summed E-state index contributed by atoms with van der Waals surface area (Å²) in [5, 5.41) is 0.748. The number of nitrogens with two attached hydrogens (primary N) is 1. The molecule has 0 aliphatic rings. The minimum Gasteiger partial charge on any atom is -0.496 e. The van der Waals surface area contributed by atoms with Crippen LogP contribution in [-0.4, -0.2) is 20.7 Å². The van der Waals surface area contributed by atoms with E-state index in [-0.39, 0.29) is 0 Å². The van der Waals surface area contributed by atoms with Gasteiger partial charge in [-0.25, -0.2) is 0 Å². The predicted molar refractivity (Wildman–Crippen MR) is 89.3 cm³/mol. The van der Waals surface area contributed by atoms with Crippen molar-refractivity contribution >= 4 is 17.3 Å². The summed E-state index contributed by atoms with van der Waals surface area (Å²) in [4.78, 5) is 2.12. The molecule has 0 saturated carbocycles. The number of ether oxygens (including phenoxy) is 1. The topological polar surface area (TPSA) is 38.5 Å². The van der Waals surface area contributed by atoms with Crippen LogP contribution in [0.5, 0.6) is 5.75 Å². The Labute approximate surface area is 131 Å². The standard InChI is InChI=1S/C17H21ClN2O/c1-20(12-14-5-3-4-6-17(14)21-2)16-8-7-13(9-10-19)11-15(16)18/h3-8,11H,9-10,12,19H2,1-2H3. The summed E-state index contributed by atoms with van der Waals surface area (Å²) in [6, 6.07) is 14.1. The molecule has 0 heterocycles. The van der Waals surface area contributed by atoms with Gasteiger partial charge in [0.2, 0.25) is 0 Å². The van der Waals surface area contributed by atoms with E-state index in [9.17, 15) is 0 Å². The highest BCUT2D eigenvalue weighted by Gasteiger charge is 2.10. The lowest BCUT2D eigenvalue weighted by Crippen LogP contribution is -2.17. The summed E-state index contributed by atoms with van der Waals surface area (Å²) in [6.07, 6.45) is 0.843. The van der Waals surface area contributed by atoms with E-state index in [1.54, 1.807) is 7.11 Å². The largest absolute Gasteiger partial charge is 0.496 e. The summed E-state index contributed by atoms with van der Waals surface area (Å²) in [5.41, 5.74) is 8.87. The van der Waals surface area contributed by atoms with E-state index in [1.165, 1.54) is 0 Å². The number of rotatable bonds is 6. The number of hydrogen-bond donors (Lipinski definition) is 1. The molecule has 2 rings (SSSR count). The molecule has 0 aliphatic carbocycles. The maximum absolute atomic E-state index is 6.39. The van der Waals surface area contributed by atoms with E-state index < -0.39 is 0 Å². The maximum Gasteiger partial charge on any atom is 0.123 e. The molecule has 0 spiro atoms. The molecule has 0 saturated heterocycles. The van der Waals surface area contributed by atoms with Gasteiger partial charge in [-0.2, -0.15) is 0 Å². The van der Waals surface area contributed by atoms with Crippen LogP contribution < -0.4 is 15.4 Å². The highest BCUT2D eigenvalue weighted by Crippen LogP contribution is 2.29. The second-order valence-electron chi connectivity index (χ2n) is 4.99. The molecular weight excluding hydrogens is 284 g/mol. The highest BCUT2D eigenvalue weighted by molar-refractivity contribution is 6.33. The van der Waals surface area contributed by atoms with Crippen LogP contribution in [0.2, 0.25) is 5.02 Å². The van der Waals surface area contributed by atoms with E-state index >= 15 is 0 Å². The van der Waals surface area contributed by atoms with Crippen molar-refractivity contribution in [2.75, 3.05) is 25.6 Å².